The molecular weight excluding hydrogens is 198 g/mol. The molecule has 2 fully saturated rings. The Kier molecular flexibility index (Phi) is 2.48. The van der Waals surface area contributed by atoms with Crippen LogP contribution in [0.4, 0.5) is 0 Å². The zero-order valence-corrected chi connectivity index (χ0v) is 9.52. The van der Waals surface area contributed by atoms with Gasteiger partial charge >= 0.3 is 0 Å². The van der Waals surface area contributed by atoms with Gasteiger partial charge in [0.2, 0.25) is 0 Å². The summed E-state index contributed by atoms with van der Waals surface area (Å²) in [6.07, 6.45) is -0.599. The summed E-state index contributed by atoms with van der Waals surface area (Å²) in [5.74, 6) is -0.559. The maximum atomic E-state index is 11.5. The number of carbonyl (C=O) groups is 1. The summed E-state index contributed by atoms with van der Waals surface area (Å²) in [6.45, 7) is 4.21. The van der Waals surface area contributed by atoms with Gasteiger partial charge in [0.05, 0.1) is 6.61 Å². The molecule has 5 nitrogen and oxygen atoms in total. The van der Waals surface area contributed by atoms with E-state index in [0.29, 0.717) is 6.61 Å². The van der Waals surface area contributed by atoms with E-state index in [0.717, 1.165) is 0 Å². The minimum absolute atomic E-state index is 0.00620. The highest BCUT2D eigenvalue weighted by Crippen LogP contribution is 2.35. The summed E-state index contributed by atoms with van der Waals surface area (Å²) in [5.41, 5.74) is 0. The average Bonchev–Trinajstić information content (AvgIpc) is 2.84. The first-order valence-corrected chi connectivity index (χ1v) is 5.09. The topological polar surface area (TPSA) is 51.3 Å². The molecule has 2 heterocycles. The largest absolute Gasteiger partial charge is 0.356 e. The van der Waals surface area contributed by atoms with Crippen LogP contribution >= 0.6 is 0 Å². The lowest BCUT2D eigenvalue weighted by Crippen LogP contribution is -2.31. The second kappa shape index (κ2) is 3.43. The van der Waals surface area contributed by atoms with Crippen LogP contribution < -0.4 is 0 Å². The molecule has 0 aromatic heterocycles. The monoisotopic (exact) mass is 215 g/mol. The molecule has 5 heteroatoms. The Morgan fingerprint density at radius 3 is 2.53 bits per heavy atom. The van der Waals surface area contributed by atoms with E-state index in [1.54, 1.807) is 14.1 Å². The Bertz CT molecular complexity index is 277. The van der Waals surface area contributed by atoms with E-state index in [2.05, 4.69) is 0 Å². The van der Waals surface area contributed by atoms with Crippen molar-refractivity contribution < 1.29 is 19.0 Å². The fourth-order valence-corrected chi connectivity index (χ4v) is 1.74. The Hall–Kier alpha value is -0.650. The zero-order valence-electron chi connectivity index (χ0n) is 9.52. The van der Waals surface area contributed by atoms with Crippen LogP contribution in [0, 0.1) is 0 Å². The van der Waals surface area contributed by atoms with Crippen LogP contribution in [0.1, 0.15) is 13.8 Å². The smallest absolute Gasteiger partial charge is 0.254 e. The minimum Gasteiger partial charge on any atom is -0.356 e. The Morgan fingerprint density at radius 2 is 2.07 bits per heavy atom. The molecule has 0 N–H and O–H groups in total. The highest BCUT2D eigenvalue weighted by atomic mass is 16.8. The number of nitrogens with zero attached hydrogens (tertiary/aromatic N) is 1. The summed E-state index contributed by atoms with van der Waals surface area (Å²) in [6, 6.07) is 0. The predicted octanol–water partition coefficient (Wildman–Crippen LogP) is -0.00650. The molecule has 86 valence electrons. The average molecular weight is 215 g/mol. The number of ether oxygens (including phenoxy) is 3. The second-order valence-electron chi connectivity index (χ2n) is 4.62. The molecule has 2 saturated heterocycles. The van der Waals surface area contributed by atoms with Gasteiger partial charge in [-0.2, -0.15) is 0 Å². The first-order chi connectivity index (χ1) is 6.91. The molecule has 0 radical (unpaired) electrons. The molecule has 0 saturated carbocycles. The van der Waals surface area contributed by atoms with Gasteiger partial charge in [-0.05, 0) is 13.8 Å². The van der Waals surface area contributed by atoms with E-state index in [9.17, 15) is 4.79 Å². The molecule has 2 aliphatic heterocycles. The van der Waals surface area contributed by atoms with E-state index in [-0.39, 0.29) is 24.2 Å². The number of amides is 1. The van der Waals surface area contributed by atoms with Gasteiger partial charge in [0.25, 0.3) is 5.91 Å². The van der Waals surface area contributed by atoms with Crippen molar-refractivity contribution in [1.82, 2.24) is 4.90 Å². The van der Waals surface area contributed by atoms with E-state index in [1.807, 2.05) is 13.8 Å². The number of likely N-dealkylation sites (N-methyl/N-ethyl adjacent to an activating group) is 1. The zero-order chi connectivity index (χ0) is 11.2. The van der Waals surface area contributed by atoms with Crippen molar-refractivity contribution in [3.05, 3.63) is 0 Å². The molecule has 0 aliphatic carbocycles. The molecular formula is C10H17NO4. The molecule has 2 rings (SSSR count). The van der Waals surface area contributed by atoms with Gasteiger partial charge in [0, 0.05) is 14.1 Å². The van der Waals surface area contributed by atoms with Crippen molar-refractivity contribution in [2.24, 2.45) is 0 Å². The van der Waals surface area contributed by atoms with Gasteiger partial charge in [-0.25, -0.2) is 0 Å². The predicted molar refractivity (Wildman–Crippen MR) is 52.3 cm³/mol. The van der Waals surface area contributed by atoms with Gasteiger partial charge in [0.15, 0.2) is 11.9 Å². The number of rotatable bonds is 2. The van der Waals surface area contributed by atoms with Crippen LogP contribution in [0.5, 0.6) is 0 Å². The Balaban J connectivity index is 1.87. The van der Waals surface area contributed by atoms with Crippen LogP contribution in [0.15, 0.2) is 0 Å². The molecule has 0 aromatic carbocycles. The van der Waals surface area contributed by atoms with E-state index >= 15 is 0 Å². The van der Waals surface area contributed by atoms with Crippen molar-refractivity contribution in [3.8, 4) is 0 Å². The van der Waals surface area contributed by atoms with Gasteiger partial charge in [-0.3, -0.25) is 4.79 Å². The van der Waals surface area contributed by atoms with Crippen LogP contribution in [-0.4, -0.2) is 55.6 Å². The van der Waals surface area contributed by atoms with Crippen LogP contribution in [0.3, 0.4) is 0 Å². The van der Waals surface area contributed by atoms with Crippen molar-refractivity contribution >= 4 is 5.91 Å². The molecule has 2 aliphatic rings. The summed E-state index contributed by atoms with van der Waals surface area (Å²) in [5, 5.41) is 0. The highest BCUT2D eigenvalue weighted by molar-refractivity contribution is 5.83. The third kappa shape index (κ3) is 2.14. The summed E-state index contributed by atoms with van der Waals surface area (Å²) >= 11 is 0. The van der Waals surface area contributed by atoms with Gasteiger partial charge in [0.1, 0.15) is 12.2 Å². The van der Waals surface area contributed by atoms with Crippen LogP contribution in [0.25, 0.3) is 0 Å². The summed E-state index contributed by atoms with van der Waals surface area (Å²) in [4.78, 5) is 13.1. The van der Waals surface area contributed by atoms with Gasteiger partial charge in [-0.1, -0.05) is 0 Å². The fraction of sp³-hybridized carbons (Fsp3) is 0.900. The third-order valence-electron chi connectivity index (χ3n) is 2.61. The number of hydrogen-bond donors (Lipinski definition) is 0. The standard InChI is InChI=1S/C10H17NO4/c1-10(2)13-5-6(15-10)7-8(14-7)9(12)11(3)4/h6-8H,5H2,1-4H3/t6-,7-,8+/m1/s1. The molecule has 0 spiro atoms. The van der Waals surface area contributed by atoms with Crippen molar-refractivity contribution in [1.29, 1.82) is 0 Å². The minimum atomic E-state index is -0.553. The number of carbonyl (C=O) groups excluding carboxylic acids is 1. The van der Waals surface area contributed by atoms with Crippen LogP contribution in [0.2, 0.25) is 0 Å². The fourth-order valence-electron chi connectivity index (χ4n) is 1.74. The second-order valence-corrected chi connectivity index (χ2v) is 4.62. The van der Waals surface area contributed by atoms with Gasteiger partial charge in [-0.15, -0.1) is 0 Å². The lowest BCUT2D eigenvalue weighted by Gasteiger charge is -2.16. The third-order valence-corrected chi connectivity index (χ3v) is 2.61. The Morgan fingerprint density at radius 1 is 1.40 bits per heavy atom. The van der Waals surface area contributed by atoms with Crippen molar-refractivity contribution in [2.75, 3.05) is 20.7 Å². The van der Waals surface area contributed by atoms with E-state index in [4.69, 9.17) is 14.2 Å². The molecule has 15 heavy (non-hydrogen) atoms. The lowest BCUT2D eigenvalue weighted by atomic mass is 10.2. The lowest BCUT2D eigenvalue weighted by molar-refractivity contribution is -0.140. The first-order valence-electron chi connectivity index (χ1n) is 5.09. The summed E-state index contributed by atoms with van der Waals surface area (Å²) < 4.78 is 16.4. The highest BCUT2D eigenvalue weighted by Gasteiger charge is 2.54. The SMILES string of the molecule is CN(C)C(=O)[C@H]1O[C@@H]1[C@H]1COC(C)(C)O1. The molecule has 0 bridgehead atoms. The van der Waals surface area contributed by atoms with Crippen LogP contribution in [-0.2, 0) is 19.0 Å². The molecule has 0 unspecified atom stereocenters. The van der Waals surface area contributed by atoms with E-state index < -0.39 is 5.79 Å². The molecule has 3 atom stereocenters. The Labute approximate surface area is 89.3 Å². The quantitative estimate of drug-likeness (QED) is 0.608. The van der Waals surface area contributed by atoms with Crippen molar-refractivity contribution in [2.45, 2.75) is 37.9 Å². The number of epoxide rings is 1. The van der Waals surface area contributed by atoms with E-state index in [1.165, 1.54) is 4.90 Å². The maximum Gasteiger partial charge on any atom is 0.254 e. The normalized spacial score (nSPS) is 37.7. The molecule has 0 aromatic rings. The first kappa shape index (κ1) is 10.9. The van der Waals surface area contributed by atoms with Gasteiger partial charge < -0.3 is 19.1 Å². The summed E-state index contributed by atoms with van der Waals surface area (Å²) in [7, 11) is 3.44. The number of hydrogen-bond acceptors (Lipinski definition) is 4. The maximum absolute atomic E-state index is 11.5. The molecule has 1 amide bonds. The van der Waals surface area contributed by atoms with Crippen molar-refractivity contribution in [3.63, 3.8) is 0 Å².